The van der Waals surface area contributed by atoms with Gasteiger partial charge in [-0.3, -0.25) is 0 Å². The van der Waals surface area contributed by atoms with Gasteiger partial charge < -0.3 is 9.64 Å². The molecule has 2 heterocycles. The molecule has 0 radical (unpaired) electrons. The molecule has 0 unspecified atom stereocenters. The molecule has 0 saturated carbocycles. The van der Waals surface area contributed by atoms with Crippen molar-refractivity contribution in [1.82, 2.24) is 14.8 Å². The molecule has 126 valence electrons. The molecule has 6 nitrogen and oxygen atoms in total. The Balaban J connectivity index is 2.19. The van der Waals surface area contributed by atoms with E-state index in [1.54, 1.807) is 23.7 Å². The van der Waals surface area contributed by atoms with Crippen LogP contribution in [-0.2, 0) is 9.53 Å². The van der Waals surface area contributed by atoms with Crippen molar-refractivity contribution in [3.05, 3.63) is 52.4 Å². The summed E-state index contributed by atoms with van der Waals surface area (Å²) in [6.07, 6.45) is 1.50. The van der Waals surface area contributed by atoms with Crippen molar-refractivity contribution in [2.75, 3.05) is 18.1 Å². The minimum atomic E-state index is -0.387. The zero-order valence-electron chi connectivity index (χ0n) is 13.9. The van der Waals surface area contributed by atoms with E-state index < -0.39 is 0 Å². The van der Waals surface area contributed by atoms with Crippen molar-refractivity contribution in [3.8, 4) is 0 Å². The Morgan fingerprint density at radius 3 is 2.62 bits per heavy atom. The molecule has 0 spiro atoms. The third kappa shape index (κ3) is 2.67. The first-order valence-electron chi connectivity index (χ1n) is 7.88. The summed E-state index contributed by atoms with van der Waals surface area (Å²) in [6, 6.07) is 7.01. The third-order valence-electron chi connectivity index (χ3n) is 4.11. The van der Waals surface area contributed by atoms with Crippen LogP contribution in [0.5, 0.6) is 0 Å². The number of halogens is 1. The van der Waals surface area contributed by atoms with Crippen LogP contribution in [0.15, 0.2) is 41.9 Å². The van der Waals surface area contributed by atoms with Crippen molar-refractivity contribution in [1.29, 1.82) is 0 Å². The van der Waals surface area contributed by atoms with E-state index in [1.165, 1.54) is 6.33 Å². The van der Waals surface area contributed by atoms with Gasteiger partial charge in [0.1, 0.15) is 12.4 Å². The SMILES string of the molecule is CCOC(=O)C1=C(C)N(CC)c2ncnn2[C@@H]1c1ccc(Cl)cc1. The van der Waals surface area contributed by atoms with Gasteiger partial charge in [0.05, 0.1) is 12.2 Å². The molecule has 24 heavy (non-hydrogen) atoms. The third-order valence-corrected chi connectivity index (χ3v) is 4.36. The van der Waals surface area contributed by atoms with E-state index in [4.69, 9.17) is 16.3 Å². The molecule has 2 aromatic rings. The second-order valence-electron chi connectivity index (χ2n) is 5.42. The molecule has 1 aliphatic rings. The van der Waals surface area contributed by atoms with Gasteiger partial charge in [0, 0.05) is 17.3 Å². The Morgan fingerprint density at radius 2 is 2.00 bits per heavy atom. The Kier molecular flexibility index (Phi) is 4.57. The van der Waals surface area contributed by atoms with Crippen molar-refractivity contribution < 1.29 is 9.53 Å². The summed E-state index contributed by atoms with van der Waals surface area (Å²) < 4.78 is 7.06. The number of benzene rings is 1. The van der Waals surface area contributed by atoms with Gasteiger partial charge >= 0.3 is 5.97 Å². The Bertz CT molecular complexity index is 782. The lowest BCUT2D eigenvalue weighted by Crippen LogP contribution is -2.36. The first kappa shape index (κ1) is 16.5. The molecule has 0 fully saturated rings. The van der Waals surface area contributed by atoms with Gasteiger partial charge in [-0.15, -0.1) is 0 Å². The van der Waals surface area contributed by atoms with E-state index in [2.05, 4.69) is 10.1 Å². The summed E-state index contributed by atoms with van der Waals surface area (Å²) in [5.41, 5.74) is 2.31. The zero-order chi connectivity index (χ0) is 17.3. The highest BCUT2D eigenvalue weighted by Crippen LogP contribution is 2.38. The van der Waals surface area contributed by atoms with E-state index in [0.29, 0.717) is 29.7 Å². The molecule has 7 heteroatoms. The maximum atomic E-state index is 12.7. The predicted octanol–water partition coefficient (Wildman–Crippen LogP) is 3.20. The first-order valence-corrected chi connectivity index (χ1v) is 8.26. The lowest BCUT2D eigenvalue weighted by molar-refractivity contribution is -0.139. The normalized spacial score (nSPS) is 17.0. The largest absolute Gasteiger partial charge is 0.463 e. The summed E-state index contributed by atoms with van der Waals surface area (Å²) in [6.45, 7) is 6.72. The summed E-state index contributed by atoms with van der Waals surface area (Å²) in [7, 11) is 0. The predicted molar refractivity (Wildman–Crippen MR) is 92.0 cm³/mol. The molecule has 0 N–H and O–H groups in total. The van der Waals surface area contributed by atoms with E-state index in [-0.39, 0.29) is 12.0 Å². The smallest absolute Gasteiger partial charge is 0.338 e. The van der Waals surface area contributed by atoms with Crippen molar-refractivity contribution >= 4 is 23.5 Å². The summed E-state index contributed by atoms with van der Waals surface area (Å²) in [5.74, 6) is 0.373. The zero-order valence-corrected chi connectivity index (χ0v) is 14.6. The summed E-state index contributed by atoms with van der Waals surface area (Å²) in [4.78, 5) is 19.0. The molecule has 1 atom stereocenters. The number of hydrogen-bond acceptors (Lipinski definition) is 5. The van der Waals surface area contributed by atoms with Crippen LogP contribution in [0, 0.1) is 0 Å². The highest BCUT2D eigenvalue weighted by atomic mass is 35.5. The number of rotatable bonds is 4. The number of ether oxygens (including phenoxy) is 1. The fourth-order valence-electron chi connectivity index (χ4n) is 3.03. The summed E-state index contributed by atoms with van der Waals surface area (Å²) in [5, 5.41) is 4.99. The van der Waals surface area contributed by atoms with Crippen molar-refractivity contribution in [3.63, 3.8) is 0 Å². The molecule has 1 aromatic heterocycles. The van der Waals surface area contributed by atoms with Crippen LogP contribution < -0.4 is 4.90 Å². The fraction of sp³-hybridized carbons (Fsp3) is 0.353. The van der Waals surface area contributed by atoms with E-state index in [0.717, 1.165) is 11.3 Å². The molecule has 0 amide bonds. The van der Waals surface area contributed by atoms with Crippen LogP contribution in [0.25, 0.3) is 0 Å². The number of aromatic nitrogens is 3. The minimum Gasteiger partial charge on any atom is -0.463 e. The average Bonchev–Trinajstić information content (AvgIpc) is 3.04. The number of allylic oxidation sites excluding steroid dienone is 1. The van der Waals surface area contributed by atoms with Crippen LogP contribution >= 0.6 is 11.6 Å². The number of fused-ring (bicyclic) bond motifs is 1. The van der Waals surface area contributed by atoms with Gasteiger partial charge in [-0.2, -0.15) is 10.1 Å². The average molecular weight is 347 g/mol. The number of anilines is 1. The monoisotopic (exact) mass is 346 g/mol. The summed E-state index contributed by atoms with van der Waals surface area (Å²) >= 11 is 6.01. The van der Waals surface area contributed by atoms with Gasteiger partial charge in [0.2, 0.25) is 5.95 Å². The van der Waals surface area contributed by atoms with Crippen molar-refractivity contribution in [2.24, 2.45) is 0 Å². The molecule has 3 rings (SSSR count). The maximum absolute atomic E-state index is 12.7. The molecule has 0 aliphatic carbocycles. The number of esters is 1. The number of carbonyl (C=O) groups excluding carboxylic acids is 1. The van der Waals surface area contributed by atoms with Gasteiger partial charge in [0.25, 0.3) is 0 Å². The second kappa shape index (κ2) is 6.65. The Morgan fingerprint density at radius 1 is 1.29 bits per heavy atom. The number of carbonyl (C=O) groups is 1. The standard InChI is InChI=1S/C17H19ClN4O2/c1-4-21-11(3)14(16(23)24-5-2)15(22-17(21)19-10-20-22)12-6-8-13(18)9-7-12/h6-10,15H,4-5H2,1-3H3/t15-/m1/s1. The second-order valence-corrected chi connectivity index (χ2v) is 5.86. The van der Waals surface area contributed by atoms with Crippen LogP contribution in [0.2, 0.25) is 5.02 Å². The Labute approximate surface area is 145 Å². The lowest BCUT2D eigenvalue weighted by atomic mass is 9.95. The first-order chi connectivity index (χ1) is 11.6. The molecular formula is C17H19ClN4O2. The van der Waals surface area contributed by atoms with E-state index in [1.807, 2.05) is 30.9 Å². The number of hydrogen-bond donors (Lipinski definition) is 0. The van der Waals surface area contributed by atoms with Crippen molar-refractivity contribution in [2.45, 2.75) is 26.8 Å². The highest BCUT2D eigenvalue weighted by Gasteiger charge is 2.37. The fourth-order valence-corrected chi connectivity index (χ4v) is 3.16. The molecule has 0 saturated heterocycles. The minimum absolute atomic E-state index is 0.319. The lowest BCUT2D eigenvalue weighted by Gasteiger charge is -2.34. The van der Waals surface area contributed by atoms with Crippen LogP contribution in [-0.4, -0.2) is 33.9 Å². The maximum Gasteiger partial charge on any atom is 0.338 e. The van der Waals surface area contributed by atoms with Crippen LogP contribution in [0.1, 0.15) is 32.4 Å². The molecule has 1 aliphatic heterocycles. The highest BCUT2D eigenvalue weighted by molar-refractivity contribution is 6.30. The number of nitrogens with zero attached hydrogens (tertiary/aromatic N) is 4. The van der Waals surface area contributed by atoms with Gasteiger partial charge in [0.15, 0.2) is 0 Å². The van der Waals surface area contributed by atoms with E-state index >= 15 is 0 Å². The van der Waals surface area contributed by atoms with Crippen LogP contribution in [0.4, 0.5) is 5.95 Å². The molecule has 0 bridgehead atoms. The van der Waals surface area contributed by atoms with Crippen LogP contribution in [0.3, 0.4) is 0 Å². The quantitative estimate of drug-likeness (QED) is 0.796. The van der Waals surface area contributed by atoms with E-state index in [9.17, 15) is 4.79 Å². The molecule has 1 aromatic carbocycles. The van der Waals surface area contributed by atoms with Gasteiger partial charge in [-0.1, -0.05) is 23.7 Å². The molecular weight excluding hydrogens is 328 g/mol. The topological polar surface area (TPSA) is 60.2 Å². The van der Waals surface area contributed by atoms with Gasteiger partial charge in [-0.05, 0) is 38.5 Å². The Hall–Kier alpha value is -2.34. The van der Waals surface area contributed by atoms with Gasteiger partial charge in [-0.25, -0.2) is 9.48 Å².